The van der Waals surface area contributed by atoms with Crippen molar-refractivity contribution in [1.82, 2.24) is 9.55 Å². The lowest BCUT2D eigenvalue weighted by Gasteiger charge is -2.24. The zero-order chi connectivity index (χ0) is 26.8. The maximum Gasteiger partial charge on any atom is 0.351 e. The minimum absolute atomic E-state index is 0.0273. The molecule has 0 amide bonds. The third-order valence-electron chi connectivity index (χ3n) is 5.49. The number of nitrogens with two attached hydrogens (primary N) is 1. The highest BCUT2D eigenvalue weighted by atomic mass is 32.2. The Kier molecular flexibility index (Phi) is 8.16. The molecule has 1 aromatic carbocycles. The van der Waals surface area contributed by atoms with E-state index in [0.717, 1.165) is 24.0 Å². The predicted octanol–water partition coefficient (Wildman–Crippen LogP) is 1.42. The topological polar surface area (TPSA) is 166 Å². The van der Waals surface area contributed by atoms with E-state index in [9.17, 15) is 22.8 Å². The molecule has 1 aliphatic rings. The summed E-state index contributed by atoms with van der Waals surface area (Å²) in [6.45, 7) is 7.33. The molecule has 0 radical (unpaired) electrons. The summed E-state index contributed by atoms with van der Waals surface area (Å²) in [6, 6.07) is 5.92. The van der Waals surface area contributed by atoms with Gasteiger partial charge in [0.1, 0.15) is 24.6 Å². The summed E-state index contributed by atoms with van der Waals surface area (Å²) < 4.78 is 49.1. The third-order valence-corrected chi connectivity index (χ3v) is 6.82. The van der Waals surface area contributed by atoms with Crippen LogP contribution >= 0.6 is 0 Å². The molecule has 0 unspecified atom stereocenters. The quantitative estimate of drug-likeness (QED) is 0.393. The Labute approximate surface area is 208 Å². The zero-order valence-electron chi connectivity index (χ0n) is 20.5. The summed E-state index contributed by atoms with van der Waals surface area (Å²) in [4.78, 5) is 39.9. The van der Waals surface area contributed by atoms with E-state index in [1.54, 1.807) is 19.1 Å². The average Bonchev–Trinajstić information content (AvgIpc) is 3.08. The molecule has 1 saturated heterocycles. The lowest BCUT2D eigenvalue weighted by atomic mass is 10.1. The molecule has 0 aliphatic carbocycles. The van der Waals surface area contributed by atoms with Crippen LogP contribution in [0.4, 0.5) is 5.82 Å². The van der Waals surface area contributed by atoms with Crippen LogP contribution in [0.15, 0.2) is 40.2 Å². The highest BCUT2D eigenvalue weighted by molar-refractivity contribution is 7.86. The molecule has 1 aromatic heterocycles. The second-order valence-corrected chi connectivity index (χ2v) is 10.3. The smallest absolute Gasteiger partial charge is 0.351 e. The number of carbonyl (C=O) groups is 2. The number of rotatable bonds is 8. The van der Waals surface area contributed by atoms with Crippen LogP contribution in [0.2, 0.25) is 0 Å². The van der Waals surface area contributed by atoms with E-state index < -0.39 is 58.9 Å². The van der Waals surface area contributed by atoms with E-state index >= 15 is 0 Å². The molecule has 36 heavy (non-hydrogen) atoms. The summed E-state index contributed by atoms with van der Waals surface area (Å²) in [5.74, 6) is -1.52. The molecule has 12 nitrogen and oxygen atoms in total. The number of aryl methyl sites for hydroxylation is 1. The number of nitrogens with zero attached hydrogens (tertiary/aromatic N) is 2. The van der Waals surface area contributed by atoms with E-state index in [1.807, 2.05) is 13.8 Å². The van der Waals surface area contributed by atoms with Gasteiger partial charge in [0.05, 0.1) is 4.90 Å². The van der Waals surface area contributed by atoms with E-state index in [4.69, 9.17) is 24.1 Å². The molecule has 2 N–H and O–H groups in total. The van der Waals surface area contributed by atoms with Crippen molar-refractivity contribution in [2.45, 2.75) is 70.0 Å². The van der Waals surface area contributed by atoms with Gasteiger partial charge in [-0.05, 0) is 25.0 Å². The zero-order valence-corrected chi connectivity index (χ0v) is 21.4. The van der Waals surface area contributed by atoms with E-state index in [-0.39, 0.29) is 16.6 Å². The van der Waals surface area contributed by atoms with Gasteiger partial charge in [-0.25, -0.2) is 4.79 Å². The molecular formula is C23H29N3O9S. The molecule has 2 heterocycles. The van der Waals surface area contributed by atoms with Gasteiger partial charge in [0.15, 0.2) is 12.3 Å². The molecule has 2 aromatic rings. The highest BCUT2D eigenvalue weighted by Crippen LogP contribution is 2.36. The van der Waals surface area contributed by atoms with Gasteiger partial charge in [0.2, 0.25) is 0 Å². The maximum absolute atomic E-state index is 13.1. The second kappa shape index (κ2) is 10.8. The van der Waals surface area contributed by atoms with Crippen molar-refractivity contribution < 1.29 is 36.4 Å². The molecule has 0 bridgehead atoms. The van der Waals surface area contributed by atoms with Crippen molar-refractivity contribution in [1.29, 1.82) is 0 Å². The molecule has 13 heteroatoms. The summed E-state index contributed by atoms with van der Waals surface area (Å²) in [5, 5.41) is 0. The fourth-order valence-electron chi connectivity index (χ4n) is 3.73. The van der Waals surface area contributed by atoms with Gasteiger partial charge in [-0.15, -0.1) is 0 Å². The monoisotopic (exact) mass is 523 g/mol. The maximum atomic E-state index is 13.1. The average molecular weight is 524 g/mol. The van der Waals surface area contributed by atoms with Gasteiger partial charge in [-0.2, -0.15) is 13.4 Å². The van der Waals surface area contributed by atoms with Crippen molar-refractivity contribution in [3.63, 3.8) is 0 Å². The lowest BCUT2D eigenvalue weighted by Crippen LogP contribution is -2.42. The van der Waals surface area contributed by atoms with Crippen molar-refractivity contribution in [2.75, 3.05) is 12.3 Å². The van der Waals surface area contributed by atoms with Gasteiger partial charge in [0, 0.05) is 25.6 Å². The fourth-order valence-corrected chi connectivity index (χ4v) is 4.84. The first-order chi connectivity index (χ1) is 16.8. The van der Waals surface area contributed by atoms with Crippen LogP contribution in [-0.4, -0.2) is 54.8 Å². The first-order valence-corrected chi connectivity index (χ1v) is 12.6. The predicted molar refractivity (Wildman–Crippen MR) is 126 cm³/mol. The van der Waals surface area contributed by atoms with Gasteiger partial charge >= 0.3 is 17.6 Å². The van der Waals surface area contributed by atoms with E-state index in [0.29, 0.717) is 5.56 Å². The Bertz CT molecular complexity index is 1290. The Morgan fingerprint density at radius 3 is 2.33 bits per heavy atom. The molecule has 1 fully saturated rings. The Morgan fingerprint density at radius 1 is 1.14 bits per heavy atom. The second-order valence-electron chi connectivity index (χ2n) is 8.70. The third kappa shape index (κ3) is 6.09. The van der Waals surface area contributed by atoms with Crippen LogP contribution in [0.1, 0.15) is 51.0 Å². The summed E-state index contributed by atoms with van der Waals surface area (Å²) in [7, 11) is -4.38. The van der Waals surface area contributed by atoms with Crippen LogP contribution in [0.3, 0.4) is 0 Å². The SMILES string of the molecule is CC(=O)OC[C@H]1O[C@@H](n2cc(C(C)C)c(N)nc2=O)[C@H](OC(C)=O)[C@H]1OS(=O)(=O)c1ccc(C)cc1. The first kappa shape index (κ1) is 27.3. The Morgan fingerprint density at radius 2 is 1.78 bits per heavy atom. The van der Waals surface area contributed by atoms with Crippen LogP contribution < -0.4 is 11.4 Å². The number of aromatic nitrogens is 2. The minimum Gasteiger partial charge on any atom is -0.463 e. The molecule has 4 atom stereocenters. The van der Waals surface area contributed by atoms with Crippen molar-refractivity contribution in [3.05, 3.63) is 52.1 Å². The van der Waals surface area contributed by atoms with E-state index in [2.05, 4.69) is 4.98 Å². The number of nitrogen functional groups attached to an aromatic ring is 1. The molecule has 196 valence electrons. The van der Waals surface area contributed by atoms with Gasteiger partial charge < -0.3 is 19.9 Å². The molecule has 0 spiro atoms. The van der Waals surface area contributed by atoms with Crippen molar-refractivity contribution in [3.8, 4) is 0 Å². The summed E-state index contributed by atoms with van der Waals surface area (Å²) >= 11 is 0. The normalized spacial score (nSPS) is 21.9. The summed E-state index contributed by atoms with van der Waals surface area (Å²) in [5.41, 5.74) is 6.43. The molecule has 1 aliphatic heterocycles. The van der Waals surface area contributed by atoms with Gasteiger partial charge in [0.25, 0.3) is 10.1 Å². The number of hydrogen-bond donors (Lipinski definition) is 1. The van der Waals surface area contributed by atoms with Crippen LogP contribution in [0.5, 0.6) is 0 Å². The Hall–Kier alpha value is -3.29. The molecule has 3 rings (SSSR count). The first-order valence-electron chi connectivity index (χ1n) is 11.1. The standard InChI is InChI=1S/C23H29N3O9S/c1-12(2)17-10-26(23(29)25-21(17)24)22-20(33-15(5)28)19(18(34-22)11-32-14(4)27)35-36(30,31)16-8-6-13(3)7-9-16/h6-10,12,18-20,22H,11H2,1-5H3,(H2,24,25,29)/t18-,19+,20-,22-/m1/s1. The van der Waals surface area contributed by atoms with Gasteiger partial charge in [-0.1, -0.05) is 31.5 Å². The number of anilines is 1. The number of benzene rings is 1. The minimum atomic E-state index is -4.38. The van der Waals surface area contributed by atoms with Crippen LogP contribution in [0.25, 0.3) is 0 Å². The Balaban J connectivity index is 2.08. The van der Waals surface area contributed by atoms with Crippen molar-refractivity contribution in [2.24, 2.45) is 0 Å². The van der Waals surface area contributed by atoms with Crippen LogP contribution in [0, 0.1) is 6.92 Å². The van der Waals surface area contributed by atoms with Crippen LogP contribution in [-0.2, 0) is 38.1 Å². The lowest BCUT2D eigenvalue weighted by molar-refractivity contribution is -0.155. The molecule has 0 saturated carbocycles. The number of hydrogen-bond acceptors (Lipinski definition) is 11. The number of carbonyl (C=O) groups excluding carboxylic acids is 2. The number of ether oxygens (including phenoxy) is 3. The largest absolute Gasteiger partial charge is 0.463 e. The highest BCUT2D eigenvalue weighted by Gasteiger charge is 2.51. The number of esters is 2. The fraction of sp³-hybridized carbons (Fsp3) is 0.478. The van der Waals surface area contributed by atoms with Gasteiger partial charge in [-0.3, -0.25) is 18.3 Å². The molecular weight excluding hydrogens is 494 g/mol. The van der Waals surface area contributed by atoms with Crippen molar-refractivity contribution >= 4 is 27.9 Å². The summed E-state index contributed by atoms with van der Waals surface area (Å²) in [6.07, 6.45) is -4.01. The van der Waals surface area contributed by atoms with E-state index in [1.165, 1.54) is 18.3 Å².